The van der Waals surface area contributed by atoms with Gasteiger partial charge in [0.15, 0.2) is 0 Å². The third-order valence-electron chi connectivity index (χ3n) is 7.22. The molecule has 0 aliphatic carbocycles. The molecule has 1 aliphatic rings. The number of aromatic nitrogens is 2. The van der Waals surface area contributed by atoms with Crippen LogP contribution >= 0.6 is 0 Å². The number of fused-ring (bicyclic) bond motifs is 1. The quantitative estimate of drug-likeness (QED) is 0.233. The van der Waals surface area contributed by atoms with Crippen molar-refractivity contribution in [2.45, 2.75) is 33.1 Å². The van der Waals surface area contributed by atoms with Gasteiger partial charge in [-0.15, -0.1) is 0 Å². The molecule has 1 aromatic heterocycles. The number of hydrogen-bond acceptors (Lipinski definition) is 6. The zero-order valence-corrected chi connectivity index (χ0v) is 23.9. The van der Waals surface area contributed by atoms with Gasteiger partial charge in [0.1, 0.15) is 23.9 Å². The third kappa shape index (κ3) is 6.31. The number of amides is 1. The molecule has 0 unspecified atom stereocenters. The molecule has 1 aliphatic heterocycles. The summed E-state index contributed by atoms with van der Waals surface area (Å²) in [5, 5.41) is 8.94. The zero-order valence-electron chi connectivity index (χ0n) is 23.9. The van der Waals surface area contributed by atoms with Crippen LogP contribution in [0.3, 0.4) is 0 Å². The van der Waals surface area contributed by atoms with E-state index in [1.165, 1.54) is 10.7 Å². The van der Waals surface area contributed by atoms with Gasteiger partial charge in [0.05, 0.1) is 24.6 Å². The second kappa shape index (κ2) is 11.8. The largest absolute Gasteiger partial charge is 0.492 e. The molecule has 0 radical (unpaired) electrons. The number of carbonyl (C=O) groups excluding carboxylic acids is 2. The maximum absolute atomic E-state index is 14.4. The molecule has 0 bridgehead atoms. The summed E-state index contributed by atoms with van der Waals surface area (Å²) < 4.78 is 27.3. The Kier molecular flexibility index (Phi) is 8.19. The Bertz CT molecular complexity index is 1580. The summed E-state index contributed by atoms with van der Waals surface area (Å²) in [5.74, 6) is -1.31. The number of ether oxygens (including phenoxy) is 2. The van der Waals surface area contributed by atoms with Gasteiger partial charge in [-0.3, -0.25) is 14.5 Å². The number of Topliss-reactive ketones (excluding diaryl/α,β-unsaturated/α-hetero) is 1. The van der Waals surface area contributed by atoms with Crippen LogP contribution in [0.5, 0.6) is 5.75 Å². The summed E-state index contributed by atoms with van der Waals surface area (Å²) in [6.07, 6.45) is 0. The summed E-state index contributed by atoms with van der Waals surface area (Å²) in [4.78, 5) is 29.2. The van der Waals surface area contributed by atoms with Crippen molar-refractivity contribution in [1.29, 1.82) is 0 Å². The number of morpholine rings is 1. The SMILES string of the molecule is Cc1ccc(-n2nc(C(C)(C)C)cc2C(=O)C(=O)Nc2ccc(OCCN3CCOCC3)c3ccccc23)cc1F. The lowest BCUT2D eigenvalue weighted by Gasteiger charge is -2.26. The van der Waals surface area contributed by atoms with Crippen molar-refractivity contribution >= 4 is 28.2 Å². The predicted octanol–water partition coefficient (Wildman–Crippen LogP) is 5.30. The Morgan fingerprint density at radius 3 is 2.46 bits per heavy atom. The van der Waals surface area contributed by atoms with Gasteiger partial charge in [0, 0.05) is 41.5 Å². The fourth-order valence-electron chi connectivity index (χ4n) is 4.73. The number of nitrogens with one attached hydrogen (secondary N) is 1. The van der Waals surface area contributed by atoms with Gasteiger partial charge >= 0.3 is 0 Å². The molecule has 1 N–H and O–H groups in total. The first kappa shape index (κ1) is 28.4. The van der Waals surface area contributed by atoms with E-state index in [2.05, 4.69) is 15.3 Å². The van der Waals surface area contributed by atoms with Crippen LogP contribution in [0.4, 0.5) is 10.1 Å². The molecule has 0 spiro atoms. The highest BCUT2D eigenvalue weighted by Gasteiger charge is 2.28. The third-order valence-corrected chi connectivity index (χ3v) is 7.22. The number of halogens is 1. The Labute approximate surface area is 239 Å². The number of carbonyl (C=O) groups is 2. The van der Waals surface area contributed by atoms with Crippen molar-refractivity contribution < 1.29 is 23.5 Å². The van der Waals surface area contributed by atoms with Crippen molar-refractivity contribution in [2.75, 3.05) is 44.8 Å². The summed E-state index contributed by atoms with van der Waals surface area (Å²) in [6.45, 7) is 12.1. The highest BCUT2D eigenvalue weighted by molar-refractivity contribution is 6.46. The first-order valence-corrected chi connectivity index (χ1v) is 13.8. The first-order valence-electron chi connectivity index (χ1n) is 13.8. The lowest BCUT2D eigenvalue weighted by atomic mass is 9.92. The minimum absolute atomic E-state index is 0.0584. The van der Waals surface area contributed by atoms with Crippen molar-refractivity contribution in [3.8, 4) is 11.4 Å². The van der Waals surface area contributed by atoms with E-state index in [-0.39, 0.29) is 5.69 Å². The maximum Gasteiger partial charge on any atom is 0.298 e. The van der Waals surface area contributed by atoms with Gasteiger partial charge in [0.2, 0.25) is 0 Å². The maximum atomic E-state index is 14.4. The highest BCUT2D eigenvalue weighted by Crippen LogP contribution is 2.32. The van der Waals surface area contributed by atoms with Gasteiger partial charge in [-0.2, -0.15) is 5.10 Å². The van der Waals surface area contributed by atoms with Crippen molar-refractivity contribution in [3.63, 3.8) is 0 Å². The topological polar surface area (TPSA) is 85.7 Å². The van der Waals surface area contributed by atoms with Gasteiger partial charge in [0.25, 0.3) is 11.7 Å². The molecule has 1 amide bonds. The molecule has 214 valence electrons. The average Bonchev–Trinajstić information content (AvgIpc) is 3.42. The number of hydrogen-bond donors (Lipinski definition) is 1. The molecule has 3 aromatic carbocycles. The first-order chi connectivity index (χ1) is 19.6. The van der Waals surface area contributed by atoms with E-state index < -0.39 is 22.9 Å². The second-order valence-corrected chi connectivity index (χ2v) is 11.3. The number of nitrogens with zero attached hydrogens (tertiary/aromatic N) is 3. The van der Waals surface area contributed by atoms with Crippen LogP contribution in [-0.4, -0.2) is 65.8 Å². The Hall–Kier alpha value is -4.08. The molecule has 41 heavy (non-hydrogen) atoms. The van der Waals surface area contributed by atoms with E-state index >= 15 is 0 Å². The van der Waals surface area contributed by atoms with Crippen LogP contribution in [0.1, 0.15) is 42.5 Å². The Morgan fingerprint density at radius 1 is 1.02 bits per heavy atom. The van der Waals surface area contributed by atoms with E-state index in [0.29, 0.717) is 35.0 Å². The monoisotopic (exact) mass is 558 g/mol. The van der Waals surface area contributed by atoms with Crippen LogP contribution < -0.4 is 10.1 Å². The average molecular weight is 559 g/mol. The molecule has 0 atom stereocenters. The highest BCUT2D eigenvalue weighted by atomic mass is 19.1. The summed E-state index contributed by atoms with van der Waals surface area (Å²) in [6, 6.07) is 17.3. The molecule has 8 nitrogen and oxygen atoms in total. The predicted molar refractivity (Wildman–Crippen MR) is 157 cm³/mol. The summed E-state index contributed by atoms with van der Waals surface area (Å²) >= 11 is 0. The van der Waals surface area contributed by atoms with E-state index in [1.54, 1.807) is 37.3 Å². The molecule has 1 saturated heterocycles. The second-order valence-electron chi connectivity index (χ2n) is 11.3. The van der Waals surface area contributed by atoms with Crippen LogP contribution in [0.25, 0.3) is 16.5 Å². The normalized spacial score (nSPS) is 14.3. The van der Waals surface area contributed by atoms with E-state index in [1.807, 2.05) is 45.0 Å². The number of aryl methyl sites for hydroxylation is 1. The molecule has 5 rings (SSSR count). The van der Waals surface area contributed by atoms with Crippen LogP contribution in [-0.2, 0) is 14.9 Å². The molecular formula is C32H35FN4O4. The summed E-state index contributed by atoms with van der Waals surface area (Å²) in [7, 11) is 0. The minimum Gasteiger partial charge on any atom is -0.492 e. The van der Waals surface area contributed by atoms with Gasteiger partial charge in [-0.05, 0) is 42.8 Å². The van der Waals surface area contributed by atoms with Gasteiger partial charge < -0.3 is 14.8 Å². The number of benzene rings is 3. The number of anilines is 1. The molecular weight excluding hydrogens is 523 g/mol. The minimum atomic E-state index is -0.815. The number of rotatable bonds is 8. The standard InChI is InChI=1S/C32H35FN4O4/c1-21-9-10-22(19-25(21)33)37-27(20-29(35-37)32(2,3)4)30(38)31(39)34-26-11-12-28(24-8-6-5-7-23(24)26)41-18-15-36-13-16-40-17-14-36/h5-12,19-20H,13-18H2,1-4H3,(H,34,39). The van der Waals surface area contributed by atoms with E-state index in [4.69, 9.17) is 9.47 Å². The van der Waals surface area contributed by atoms with Gasteiger partial charge in [-0.25, -0.2) is 9.07 Å². The fraction of sp³-hybridized carbons (Fsp3) is 0.344. The number of ketones is 1. The molecule has 0 saturated carbocycles. The fourth-order valence-corrected chi connectivity index (χ4v) is 4.73. The lowest BCUT2D eigenvalue weighted by Crippen LogP contribution is -2.38. The van der Waals surface area contributed by atoms with E-state index in [9.17, 15) is 14.0 Å². The van der Waals surface area contributed by atoms with Crippen molar-refractivity contribution in [1.82, 2.24) is 14.7 Å². The Balaban J connectivity index is 1.39. The molecule has 4 aromatic rings. The Morgan fingerprint density at radius 2 is 1.76 bits per heavy atom. The van der Waals surface area contributed by atoms with Crippen molar-refractivity contribution in [2.24, 2.45) is 0 Å². The van der Waals surface area contributed by atoms with Crippen molar-refractivity contribution in [3.05, 3.63) is 83.4 Å². The lowest BCUT2D eigenvalue weighted by molar-refractivity contribution is -0.112. The van der Waals surface area contributed by atoms with Crippen LogP contribution in [0, 0.1) is 12.7 Å². The van der Waals surface area contributed by atoms with Crippen LogP contribution in [0.15, 0.2) is 60.7 Å². The van der Waals surface area contributed by atoms with Gasteiger partial charge in [-0.1, -0.05) is 51.1 Å². The zero-order chi connectivity index (χ0) is 29.1. The van der Waals surface area contributed by atoms with E-state index in [0.717, 1.165) is 43.6 Å². The molecule has 1 fully saturated rings. The van der Waals surface area contributed by atoms with Crippen LogP contribution in [0.2, 0.25) is 0 Å². The molecule has 9 heteroatoms. The molecule has 2 heterocycles. The smallest absolute Gasteiger partial charge is 0.298 e. The summed E-state index contributed by atoms with van der Waals surface area (Å²) in [5.41, 5.74) is 1.60.